The molecule has 0 saturated carbocycles. The second-order valence-electron chi connectivity index (χ2n) is 5.26. The standard InChI is InChI=1S/C17H16ClF2NO2.ClH/c18-13-5-2-6-14(20)17(13)23-16(15-10-21-7-8-22-15)11-3-1-4-12(19)9-11;/h1-6,9,15-16,21H,7-8,10H2;1H/t15-,16-;/m0./s1. The maximum absolute atomic E-state index is 14.0. The van der Waals surface area contributed by atoms with E-state index in [1.807, 2.05) is 0 Å². The number of nitrogens with one attached hydrogen (secondary N) is 1. The molecule has 1 aliphatic rings. The molecule has 2 aromatic rings. The summed E-state index contributed by atoms with van der Waals surface area (Å²) in [7, 11) is 0. The largest absolute Gasteiger partial charge is 0.478 e. The number of hydrogen-bond donors (Lipinski definition) is 1. The molecular formula is C17H17Cl2F2NO2. The van der Waals surface area contributed by atoms with Crippen molar-refractivity contribution in [3.63, 3.8) is 0 Å². The number of halogens is 4. The lowest BCUT2D eigenvalue weighted by Gasteiger charge is -2.32. The smallest absolute Gasteiger partial charge is 0.174 e. The van der Waals surface area contributed by atoms with Crippen LogP contribution >= 0.6 is 24.0 Å². The van der Waals surface area contributed by atoms with E-state index in [4.69, 9.17) is 21.1 Å². The minimum absolute atomic E-state index is 0. The predicted octanol–water partition coefficient (Wildman–Crippen LogP) is 4.15. The van der Waals surface area contributed by atoms with Crippen molar-refractivity contribution < 1.29 is 18.3 Å². The molecule has 1 aliphatic heterocycles. The van der Waals surface area contributed by atoms with Crippen LogP contribution in [0.2, 0.25) is 5.02 Å². The summed E-state index contributed by atoms with van der Waals surface area (Å²) in [5, 5.41) is 3.35. The highest BCUT2D eigenvalue weighted by Crippen LogP contribution is 2.34. The highest BCUT2D eigenvalue weighted by atomic mass is 35.5. The van der Waals surface area contributed by atoms with E-state index in [9.17, 15) is 8.78 Å². The van der Waals surface area contributed by atoms with Crippen molar-refractivity contribution in [3.8, 4) is 5.75 Å². The van der Waals surface area contributed by atoms with Crippen molar-refractivity contribution in [2.75, 3.05) is 19.7 Å². The number of para-hydroxylation sites is 1. The van der Waals surface area contributed by atoms with Gasteiger partial charge in [0.2, 0.25) is 0 Å². The molecular weight excluding hydrogens is 359 g/mol. The zero-order chi connectivity index (χ0) is 16.2. The molecule has 130 valence electrons. The minimum atomic E-state index is -0.673. The lowest BCUT2D eigenvalue weighted by molar-refractivity contribution is -0.0443. The molecule has 0 bridgehead atoms. The Morgan fingerprint density at radius 1 is 1.21 bits per heavy atom. The number of benzene rings is 2. The second kappa shape index (κ2) is 8.62. The third-order valence-electron chi connectivity index (χ3n) is 3.63. The second-order valence-corrected chi connectivity index (χ2v) is 5.66. The molecule has 1 fully saturated rings. The van der Waals surface area contributed by atoms with Crippen molar-refractivity contribution in [2.24, 2.45) is 0 Å². The molecule has 0 spiro atoms. The Hall–Kier alpha value is -1.40. The van der Waals surface area contributed by atoms with Gasteiger partial charge < -0.3 is 14.8 Å². The fourth-order valence-corrected chi connectivity index (χ4v) is 2.75. The predicted molar refractivity (Wildman–Crippen MR) is 91.0 cm³/mol. The normalized spacial score (nSPS) is 18.5. The van der Waals surface area contributed by atoms with Crippen molar-refractivity contribution >= 4 is 24.0 Å². The van der Waals surface area contributed by atoms with Gasteiger partial charge in [0.05, 0.1) is 11.6 Å². The summed E-state index contributed by atoms with van der Waals surface area (Å²) in [6.07, 6.45) is -1.05. The van der Waals surface area contributed by atoms with Crippen LogP contribution in [-0.2, 0) is 4.74 Å². The van der Waals surface area contributed by atoms with E-state index >= 15 is 0 Å². The maximum atomic E-state index is 14.0. The van der Waals surface area contributed by atoms with Crippen LogP contribution in [0.1, 0.15) is 11.7 Å². The van der Waals surface area contributed by atoms with E-state index in [1.54, 1.807) is 18.2 Å². The lowest BCUT2D eigenvalue weighted by Crippen LogP contribution is -2.43. The first-order chi connectivity index (χ1) is 11.1. The Bertz CT molecular complexity index is 661. The average molecular weight is 376 g/mol. The molecule has 0 unspecified atom stereocenters. The summed E-state index contributed by atoms with van der Waals surface area (Å²) >= 11 is 6.04. The summed E-state index contributed by atoms with van der Waals surface area (Å²) in [6, 6.07) is 10.3. The number of rotatable bonds is 4. The van der Waals surface area contributed by atoms with Crippen molar-refractivity contribution in [2.45, 2.75) is 12.2 Å². The molecule has 0 aromatic heterocycles. The Morgan fingerprint density at radius 2 is 2.00 bits per heavy atom. The first-order valence-electron chi connectivity index (χ1n) is 7.33. The SMILES string of the molecule is Cl.Fc1cccc([C@H](Oc2c(F)cccc2Cl)[C@@H]2CNCCO2)c1. The molecule has 1 heterocycles. The van der Waals surface area contributed by atoms with Gasteiger partial charge in [0.25, 0.3) is 0 Å². The van der Waals surface area contributed by atoms with Gasteiger partial charge in [0.15, 0.2) is 17.7 Å². The quantitative estimate of drug-likeness (QED) is 0.870. The highest BCUT2D eigenvalue weighted by molar-refractivity contribution is 6.32. The molecule has 2 aromatic carbocycles. The first kappa shape index (κ1) is 18.9. The average Bonchev–Trinajstić information content (AvgIpc) is 2.55. The number of hydrogen-bond acceptors (Lipinski definition) is 3. The van der Waals surface area contributed by atoms with Crippen LogP contribution in [0.5, 0.6) is 5.75 Å². The molecule has 3 nitrogen and oxygen atoms in total. The lowest BCUT2D eigenvalue weighted by atomic mass is 10.0. The summed E-state index contributed by atoms with van der Waals surface area (Å²) in [6.45, 7) is 1.75. The van der Waals surface area contributed by atoms with Crippen LogP contribution in [-0.4, -0.2) is 25.8 Å². The fraction of sp³-hybridized carbons (Fsp3) is 0.294. The van der Waals surface area contributed by atoms with Gasteiger partial charge in [-0.15, -0.1) is 12.4 Å². The molecule has 3 rings (SSSR count). The van der Waals surface area contributed by atoms with Crippen LogP contribution in [0.25, 0.3) is 0 Å². The molecule has 1 saturated heterocycles. The van der Waals surface area contributed by atoms with Gasteiger partial charge in [-0.3, -0.25) is 0 Å². The zero-order valence-electron chi connectivity index (χ0n) is 12.7. The summed E-state index contributed by atoms with van der Waals surface area (Å²) in [4.78, 5) is 0. The topological polar surface area (TPSA) is 30.5 Å². The maximum Gasteiger partial charge on any atom is 0.174 e. The molecule has 1 N–H and O–H groups in total. The van der Waals surface area contributed by atoms with Crippen LogP contribution in [0.15, 0.2) is 42.5 Å². The Kier molecular flexibility index (Phi) is 6.80. The first-order valence-corrected chi connectivity index (χ1v) is 7.71. The summed E-state index contributed by atoms with van der Waals surface area (Å²) in [5.74, 6) is -1.01. The number of ether oxygens (including phenoxy) is 2. The Balaban J connectivity index is 0.00000208. The van der Waals surface area contributed by atoms with Gasteiger partial charge in [-0.05, 0) is 29.8 Å². The van der Waals surface area contributed by atoms with Crippen LogP contribution < -0.4 is 10.1 Å². The van der Waals surface area contributed by atoms with E-state index in [2.05, 4.69) is 5.32 Å². The molecule has 0 amide bonds. The van der Waals surface area contributed by atoms with Gasteiger partial charge >= 0.3 is 0 Å². The van der Waals surface area contributed by atoms with E-state index in [0.29, 0.717) is 18.7 Å². The molecule has 0 aliphatic carbocycles. The van der Waals surface area contributed by atoms with Crippen LogP contribution in [0.4, 0.5) is 8.78 Å². The molecule has 0 radical (unpaired) electrons. The zero-order valence-corrected chi connectivity index (χ0v) is 14.2. The molecule has 24 heavy (non-hydrogen) atoms. The fourth-order valence-electron chi connectivity index (χ4n) is 2.54. The van der Waals surface area contributed by atoms with Gasteiger partial charge in [-0.25, -0.2) is 8.78 Å². The van der Waals surface area contributed by atoms with Crippen molar-refractivity contribution in [3.05, 3.63) is 64.7 Å². The summed E-state index contributed by atoms with van der Waals surface area (Å²) in [5.41, 5.74) is 0.568. The third-order valence-corrected chi connectivity index (χ3v) is 3.93. The van der Waals surface area contributed by atoms with Crippen LogP contribution in [0, 0.1) is 11.6 Å². The van der Waals surface area contributed by atoms with Crippen LogP contribution in [0.3, 0.4) is 0 Å². The molecule has 2 atom stereocenters. The third kappa shape index (κ3) is 4.36. The Morgan fingerprint density at radius 3 is 2.67 bits per heavy atom. The molecule has 7 heteroatoms. The number of morpholine rings is 1. The Labute approximate surface area is 150 Å². The monoisotopic (exact) mass is 375 g/mol. The van der Waals surface area contributed by atoms with Gasteiger partial charge in [0, 0.05) is 13.1 Å². The van der Waals surface area contributed by atoms with Crippen molar-refractivity contribution in [1.82, 2.24) is 5.32 Å². The van der Waals surface area contributed by atoms with Crippen molar-refractivity contribution in [1.29, 1.82) is 0 Å². The van der Waals surface area contributed by atoms with E-state index in [1.165, 1.54) is 24.3 Å². The van der Waals surface area contributed by atoms with E-state index in [0.717, 1.165) is 6.54 Å². The van der Waals surface area contributed by atoms with E-state index < -0.39 is 11.9 Å². The van der Waals surface area contributed by atoms with Gasteiger partial charge in [0.1, 0.15) is 11.9 Å². The highest BCUT2D eigenvalue weighted by Gasteiger charge is 2.29. The van der Waals surface area contributed by atoms with Gasteiger partial charge in [-0.2, -0.15) is 0 Å². The van der Waals surface area contributed by atoms with E-state index in [-0.39, 0.29) is 35.1 Å². The summed E-state index contributed by atoms with van der Waals surface area (Å²) < 4.78 is 39.1. The van der Waals surface area contributed by atoms with Gasteiger partial charge in [-0.1, -0.05) is 29.8 Å². The minimum Gasteiger partial charge on any atom is -0.478 e.